The molecule has 4 atom stereocenters. The maximum atomic E-state index is 14.1. The van der Waals surface area contributed by atoms with Crippen LogP contribution in [0.25, 0.3) is 0 Å². The molecule has 0 bridgehead atoms. The van der Waals surface area contributed by atoms with E-state index in [2.05, 4.69) is 15.6 Å². The van der Waals surface area contributed by atoms with E-state index in [0.717, 1.165) is 11.3 Å². The van der Waals surface area contributed by atoms with Gasteiger partial charge in [-0.15, -0.1) is 0 Å². The number of carbonyl (C=O) groups is 2. The van der Waals surface area contributed by atoms with Crippen molar-refractivity contribution in [1.82, 2.24) is 20.5 Å². The van der Waals surface area contributed by atoms with Gasteiger partial charge in [0.15, 0.2) is 5.78 Å². The van der Waals surface area contributed by atoms with E-state index in [0.29, 0.717) is 48.1 Å². The number of carbonyl (C=O) groups excluding carboxylic acids is 2. The van der Waals surface area contributed by atoms with E-state index in [-0.39, 0.29) is 29.5 Å². The largest absolute Gasteiger partial charge is 0.415 e. The van der Waals surface area contributed by atoms with Crippen molar-refractivity contribution < 1.29 is 18.7 Å². The maximum Gasteiger partial charge on any atom is 0.415 e. The quantitative estimate of drug-likeness (QED) is 0.356. The Morgan fingerprint density at radius 3 is 2.60 bits per heavy atom. The Kier molecular flexibility index (Phi) is 8.42. The molecule has 7 nitrogen and oxygen atoms in total. The van der Waals surface area contributed by atoms with Crippen molar-refractivity contribution in [3.05, 3.63) is 93.5 Å². The molecule has 2 fully saturated rings. The molecule has 1 aromatic heterocycles. The number of hydrogen-bond acceptors (Lipinski definition) is 6. The van der Waals surface area contributed by atoms with Crippen LogP contribution in [0, 0.1) is 11.7 Å². The average Bonchev–Trinajstić information content (AvgIpc) is 3.37. The van der Waals surface area contributed by atoms with Crippen LogP contribution in [0.3, 0.4) is 0 Å². The molecule has 3 heterocycles. The Labute approximate surface area is 243 Å². The normalized spacial score (nSPS) is 24.5. The molecule has 2 unspecified atom stereocenters. The van der Waals surface area contributed by atoms with E-state index in [4.69, 9.17) is 27.9 Å². The van der Waals surface area contributed by atoms with Gasteiger partial charge in [-0.1, -0.05) is 36.2 Å². The zero-order valence-electron chi connectivity index (χ0n) is 22.3. The Morgan fingerprint density at radius 1 is 1.12 bits per heavy atom. The Bertz CT molecular complexity index is 1390. The monoisotopic (exact) mass is 584 g/mol. The van der Waals surface area contributed by atoms with Crippen LogP contribution >= 0.6 is 23.2 Å². The number of ketones is 1. The minimum Gasteiger partial charge on any atom is -0.410 e. The number of hydrogen-bond donors (Lipinski definition) is 2. The van der Waals surface area contributed by atoms with E-state index < -0.39 is 17.3 Å². The van der Waals surface area contributed by atoms with Crippen LogP contribution < -0.4 is 15.4 Å². The summed E-state index contributed by atoms with van der Waals surface area (Å²) in [5, 5.41) is 7.49. The molecule has 40 heavy (non-hydrogen) atoms. The molecule has 0 radical (unpaired) electrons. The summed E-state index contributed by atoms with van der Waals surface area (Å²) in [4.78, 5) is 33.2. The first-order valence-corrected chi connectivity index (χ1v) is 14.0. The van der Waals surface area contributed by atoms with Crippen molar-refractivity contribution in [1.29, 1.82) is 0 Å². The second kappa shape index (κ2) is 11.8. The van der Waals surface area contributed by atoms with Gasteiger partial charge in [-0.2, -0.15) is 0 Å². The number of ether oxygens (including phenoxy) is 1. The number of nitrogens with one attached hydrogen (secondary N) is 2. The van der Waals surface area contributed by atoms with Crippen molar-refractivity contribution in [2.24, 2.45) is 5.92 Å². The molecule has 210 valence electrons. The molecule has 10 heteroatoms. The van der Waals surface area contributed by atoms with Gasteiger partial charge in [0.05, 0.1) is 27.8 Å². The van der Waals surface area contributed by atoms with E-state index in [1.807, 2.05) is 25.1 Å². The smallest absolute Gasteiger partial charge is 0.410 e. The van der Waals surface area contributed by atoms with Gasteiger partial charge in [0, 0.05) is 43.2 Å². The highest BCUT2D eigenvalue weighted by Crippen LogP contribution is 2.41. The minimum absolute atomic E-state index is 0.000542. The van der Waals surface area contributed by atoms with E-state index in [1.54, 1.807) is 25.4 Å². The molecule has 2 aliphatic heterocycles. The second-order valence-electron chi connectivity index (χ2n) is 10.7. The van der Waals surface area contributed by atoms with Gasteiger partial charge in [0.1, 0.15) is 11.6 Å². The minimum atomic E-state index is -0.677. The van der Waals surface area contributed by atoms with Crippen LogP contribution in [0.2, 0.25) is 10.0 Å². The number of Topliss-reactive ketones (excluding diaryl/α,β-unsaturated/α-hetero) is 1. The third kappa shape index (κ3) is 5.72. The van der Waals surface area contributed by atoms with Crippen molar-refractivity contribution >= 4 is 35.1 Å². The zero-order valence-corrected chi connectivity index (χ0v) is 23.8. The van der Waals surface area contributed by atoms with Gasteiger partial charge in [0.25, 0.3) is 0 Å². The molecule has 0 saturated carbocycles. The maximum absolute atomic E-state index is 14.1. The zero-order chi connectivity index (χ0) is 28.4. The molecule has 3 aromatic rings. The summed E-state index contributed by atoms with van der Waals surface area (Å²) in [6.07, 6.45) is 2.46. The van der Waals surface area contributed by atoms with Crippen LogP contribution in [0.4, 0.5) is 9.18 Å². The number of likely N-dealkylation sites (N-methyl/N-ethyl adjacent to an activating group) is 1. The Morgan fingerprint density at radius 2 is 1.88 bits per heavy atom. The number of halogens is 3. The number of benzene rings is 2. The second-order valence-corrected chi connectivity index (χ2v) is 11.5. The van der Waals surface area contributed by atoms with Crippen molar-refractivity contribution in [3.63, 3.8) is 0 Å². The highest BCUT2D eigenvalue weighted by molar-refractivity contribution is 6.42. The van der Waals surface area contributed by atoms with Gasteiger partial charge in [-0.05, 0) is 73.5 Å². The molecule has 2 aliphatic rings. The van der Waals surface area contributed by atoms with Crippen LogP contribution in [0.1, 0.15) is 47.4 Å². The molecule has 0 aliphatic carbocycles. The lowest BCUT2D eigenvalue weighted by molar-refractivity contribution is 0.0874. The summed E-state index contributed by atoms with van der Waals surface area (Å²) in [5.74, 6) is -0.413. The molecule has 1 amide bonds. The van der Waals surface area contributed by atoms with Crippen LogP contribution in [-0.4, -0.2) is 54.5 Å². The van der Waals surface area contributed by atoms with Crippen molar-refractivity contribution in [2.45, 2.75) is 37.3 Å². The summed E-state index contributed by atoms with van der Waals surface area (Å²) in [6, 6.07) is 14.1. The van der Waals surface area contributed by atoms with Gasteiger partial charge in [0.2, 0.25) is 0 Å². The highest BCUT2D eigenvalue weighted by Gasteiger charge is 2.47. The lowest BCUT2D eigenvalue weighted by atomic mass is 9.73. The number of piperidine rings is 1. The highest BCUT2D eigenvalue weighted by atomic mass is 35.5. The molecule has 2 N–H and O–H groups in total. The van der Waals surface area contributed by atoms with Gasteiger partial charge in [-0.25, -0.2) is 9.18 Å². The standard InChI is InChI=1S/C30H31Cl2FN4O3/c1-30(17-34-16-27(30)37(2)29(39)40-20-8-6-19(33)7-9-20)22-15-24(32)23(31)14-21(22)28(38)18-10-12-36-26(13-18)25-5-3-4-11-35-25/h3-9,11,14-15,18,26-27,34,36H,10,12-13,16-17H2,1-2H3/t18?,26?,27-,30+/m1/s1. The molecular formula is C30H31Cl2FN4O3. The molecule has 2 saturated heterocycles. The molecule has 0 spiro atoms. The summed E-state index contributed by atoms with van der Waals surface area (Å²) in [7, 11) is 1.66. The first-order chi connectivity index (χ1) is 19.2. The molecule has 2 aromatic carbocycles. The number of nitrogens with zero attached hydrogens (tertiary/aromatic N) is 2. The van der Waals surface area contributed by atoms with Crippen LogP contribution in [0.15, 0.2) is 60.8 Å². The number of aromatic nitrogens is 1. The summed E-state index contributed by atoms with van der Waals surface area (Å²) in [5.41, 5.74) is 1.47. The average molecular weight is 586 g/mol. The molecular weight excluding hydrogens is 554 g/mol. The van der Waals surface area contributed by atoms with E-state index >= 15 is 0 Å². The number of pyridine rings is 1. The lowest BCUT2D eigenvalue weighted by Crippen LogP contribution is -2.50. The topological polar surface area (TPSA) is 83.6 Å². The Balaban J connectivity index is 1.43. The SMILES string of the molecule is CN(C(=O)Oc1ccc(F)cc1)[C@@H]1CNC[C@@]1(C)c1cc(Cl)c(Cl)cc1C(=O)C1CCNC(c2ccccn2)C1. The summed E-state index contributed by atoms with van der Waals surface area (Å²) >= 11 is 13.0. The lowest BCUT2D eigenvalue weighted by Gasteiger charge is -2.38. The number of amides is 1. The molecule has 5 rings (SSSR count). The van der Waals surface area contributed by atoms with E-state index in [9.17, 15) is 14.0 Å². The third-order valence-corrected chi connectivity index (χ3v) is 8.82. The Hall–Kier alpha value is -3.04. The number of rotatable bonds is 6. The first-order valence-electron chi connectivity index (χ1n) is 13.3. The van der Waals surface area contributed by atoms with Gasteiger partial charge >= 0.3 is 6.09 Å². The van der Waals surface area contributed by atoms with E-state index in [1.165, 1.54) is 29.2 Å². The third-order valence-electron chi connectivity index (χ3n) is 8.10. The fourth-order valence-corrected chi connectivity index (χ4v) is 6.19. The van der Waals surface area contributed by atoms with Crippen molar-refractivity contribution in [3.8, 4) is 5.75 Å². The fraction of sp³-hybridized carbons (Fsp3) is 0.367. The van der Waals surface area contributed by atoms with Crippen LogP contribution in [0.5, 0.6) is 5.75 Å². The van der Waals surface area contributed by atoms with Gasteiger partial charge < -0.3 is 20.3 Å². The predicted molar refractivity (Wildman–Crippen MR) is 153 cm³/mol. The van der Waals surface area contributed by atoms with Crippen molar-refractivity contribution in [2.75, 3.05) is 26.7 Å². The first kappa shape index (κ1) is 28.5. The van der Waals surface area contributed by atoms with Crippen LogP contribution in [-0.2, 0) is 5.41 Å². The summed E-state index contributed by atoms with van der Waals surface area (Å²) in [6.45, 7) is 3.68. The fourth-order valence-electron chi connectivity index (χ4n) is 5.86. The predicted octanol–water partition coefficient (Wildman–Crippen LogP) is 5.81. The van der Waals surface area contributed by atoms with Gasteiger partial charge in [-0.3, -0.25) is 9.78 Å². The summed E-state index contributed by atoms with van der Waals surface area (Å²) < 4.78 is 18.8.